The molecule has 0 saturated carbocycles. The molecule has 3 aromatic rings. The van der Waals surface area contributed by atoms with E-state index in [-0.39, 0.29) is 0 Å². The van der Waals surface area contributed by atoms with Crippen LogP contribution in [0.4, 0.5) is 0 Å². The summed E-state index contributed by atoms with van der Waals surface area (Å²) in [5.74, 6) is -0.430. The zero-order chi connectivity index (χ0) is 17.6. The first-order valence-corrected chi connectivity index (χ1v) is 8.15. The highest BCUT2D eigenvalue weighted by Gasteiger charge is 2.11. The van der Waals surface area contributed by atoms with Gasteiger partial charge in [0.1, 0.15) is 6.61 Å². The average Bonchev–Trinajstić information content (AvgIpc) is 2.62. The van der Waals surface area contributed by atoms with Crippen LogP contribution in [0.1, 0.15) is 27.0 Å². The Morgan fingerprint density at radius 2 is 1.84 bits per heavy atom. The quantitative estimate of drug-likeness (QED) is 0.548. The highest BCUT2D eigenvalue weighted by molar-refractivity contribution is 6.08. The molecule has 4 nitrogen and oxygen atoms in total. The van der Waals surface area contributed by atoms with Gasteiger partial charge in [-0.25, -0.2) is 0 Å². The highest BCUT2D eigenvalue weighted by atomic mass is 16.6. The standard InChI is InChI=1S/C21H20N2O2/c1-15-6-8-16(9-7-15)14-25-23-13-12-18-11-10-17-4-2-3-5-19(17)20(18)21(22)24/h2-11,13H,12,14H2,1H3,(H2,22,24). The molecule has 0 spiro atoms. The molecule has 1 amide bonds. The Hall–Kier alpha value is -3.14. The smallest absolute Gasteiger partial charge is 0.249 e. The Kier molecular flexibility index (Phi) is 5.09. The zero-order valence-electron chi connectivity index (χ0n) is 14.1. The number of carbonyl (C=O) groups is 1. The van der Waals surface area contributed by atoms with Gasteiger partial charge in [-0.3, -0.25) is 4.79 Å². The molecule has 0 aliphatic carbocycles. The summed E-state index contributed by atoms with van der Waals surface area (Å²) in [7, 11) is 0. The van der Waals surface area contributed by atoms with Crippen LogP contribution < -0.4 is 5.73 Å². The maximum Gasteiger partial charge on any atom is 0.249 e. The number of amides is 1. The lowest BCUT2D eigenvalue weighted by Gasteiger charge is -2.08. The molecule has 0 aliphatic rings. The van der Waals surface area contributed by atoms with Crippen molar-refractivity contribution in [3.05, 3.63) is 82.9 Å². The van der Waals surface area contributed by atoms with Gasteiger partial charge in [-0.05, 0) is 28.8 Å². The van der Waals surface area contributed by atoms with Gasteiger partial charge in [0, 0.05) is 12.6 Å². The van der Waals surface area contributed by atoms with Crippen LogP contribution in [0.15, 0.2) is 65.8 Å². The van der Waals surface area contributed by atoms with Gasteiger partial charge in [0.25, 0.3) is 0 Å². The molecule has 25 heavy (non-hydrogen) atoms. The first-order valence-electron chi connectivity index (χ1n) is 8.15. The maximum absolute atomic E-state index is 11.9. The first kappa shape index (κ1) is 16.7. The summed E-state index contributed by atoms with van der Waals surface area (Å²) in [4.78, 5) is 17.2. The second-order valence-corrected chi connectivity index (χ2v) is 5.94. The van der Waals surface area contributed by atoms with E-state index in [2.05, 4.69) is 5.16 Å². The summed E-state index contributed by atoms with van der Waals surface area (Å²) in [6.45, 7) is 2.46. The maximum atomic E-state index is 11.9. The van der Waals surface area contributed by atoms with Gasteiger partial charge in [0.15, 0.2) is 0 Å². The van der Waals surface area contributed by atoms with E-state index in [9.17, 15) is 4.79 Å². The molecular weight excluding hydrogens is 312 g/mol. The van der Waals surface area contributed by atoms with Crippen molar-refractivity contribution >= 4 is 22.9 Å². The summed E-state index contributed by atoms with van der Waals surface area (Å²) >= 11 is 0. The van der Waals surface area contributed by atoms with E-state index in [0.29, 0.717) is 18.6 Å². The van der Waals surface area contributed by atoms with Crippen LogP contribution in [0, 0.1) is 6.92 Å². The molecule has 2 N–H and O–H groups in total. The molecule has 126 valence electrons. The number of hydrogen-bond acceptors (Lipinski definition) is 3. The van der Waals surface area contributed by atoms with E-state index in [1.807, 2.05) is 67.6 Å². The van der Waals surface area contributed by atoms with Crippen LogP contribution in [-0.4, -0.2) is 12.1 Å². The summed E-state index contributed by atoms with van der Waals surface area (Å²) in [6.07, 6.45) is 2.14. The Bertz CT molecular complexity index is 915. The minimum absolute atomic E-state index is 0.414. The van der Waals surface area contributed by atoms with Crippen molar-refractivity contribution < 1.29 is 9.63 Å². The molecule has 0 radical (unpaired) electrons. The SMILES string of the molecule is Cc1ccc(CON=CCc2ccc3ccccc3c2C(N)=O)cc1. The number of benzene rings is 3. The predicted octanol–water partition coefficient (Wildman–Crippen LogP) is 3.99. The molecule has 0 aromatic heterocycles. The van der Waals surface area contributed by atoms with E-state index >= 15 is 0 Å². The van der Waals surface area contributed by atoms with Gasteiger partial charge in [-0.2, -0.15) is 0 Å². The molecule has 3 rings (SSSR count). The molecule has 0 aliphatic heterocycles. The minimum Gasteiger partial charge on any atom is -0.391 e. The van der Waals surface area contributed by atoms with E-state index in [0.717, 1.165) is 21.9 Å². The van der Waals surface area contributed by atoms with Gasteiger partial charge < -0.3 is 10.6 Å². The molecule has 0 fully saturated rings. The Balaban J connectivity index is 1.69. The lowest BCUT2D eigenvalue weighted by molar-refractivity contribution is 0.100. The predicted molar refractivity (Wildman–Crippen MR) is 101 cm³/mol. The van der Waals surface area contributed by atoms with E-state index in [1.165, 1.54) is 5.56 Å². The second-order valence-electron chi connectivity index (χ2n) is 5.94. The summed E-state index contributed by atoms with van der Waals surface area (Å²) < 4.78 is 0. The fourth-order valence-electron chi connectivity index (χ4n) is 2.76. The number of fused-ring (bicyclic) bond motifs is 1. The summed E-state index contributed by atoms with van der Waals surface area (Å²) in [5, 5.41) is 5.84. The molecule has 3 aromatic carbocycles. The van der Waals surface area contributed by atoms with Crippen molar-refractivity contribution in [2.45, 2.75) is 20.0 Å². The Labute approximate surface area is 146 Å². The third-order valence-corrected chi connectivity index (χ3v) is 4.07. The summed E-state index contributed by atoms with van der Waals surface area (Å²) in [5.41, 5.74) is 9.24. The highest BCUT2D eigenvalue weighted by Crippen LogP contribution is 2.22. The van der Waals surface area contributed by atoms with Crippen LogP contribution in [0.5, 0.6) is 0 Å². The molecular formula is C21H20N2O2. The van der Waals surface area contributed by atoms with Crippen molar-refractivity contribution in [1.82, 2.24) is 0 Å². The van der Waals surface area contributed by atoms with Gasteiger partial charge in [-0.15, -0.1) is 0 Å². The Morgan fingerprint density at radius 3 is 2.60 bits per heavy atom. The summed E-state index contributed by atoms with van der Waals surface area (Å²) in [6, 6.07) is 19.7. The third kappa shape index (κ3) is 4.04. The molecule has 4 heteroatoms. The van der Waals surface area contributed by atoms with E-state index < -0.39 is 5.91 Å². The fourth-order valence-corrected chi connectivity index (χ4v) is 2.76. The largest absolute Gasteiger partial charge is 0.391 e. The molecule has 0 atom stereocenters. The second kappa shape index (κ2) is 7.62. The van der Waals surface area contributed by atoms with Crippen LogP contribution in [0.3, 0.4) is 0 Å². The van der Waals surface area contributed by atoms with Crippen LogP contribution in [-0.2, 0) is 17.9 Å². The molecule has 0 unspecified atom stereocenters. The van der Waals surface area contributed by atoms with E-state index in [1.54, 1.807) is 6.21 Å². The molecule has 0 saturated heterocycles. The number of rotatable bonds is 6. The van der Waals surface area contributed by atoms with Crippen LogP contribution in [0.25, 0.3) is 10.8 Å². The van der Waals surface area contributed by atoms with Crippen molar-refractivity contribution in [3.63, 3.8) is 0 Å². The number of primary amides is 1. The fraction of sp³-hybridized carbons (Fsp3) is 0.143. The van der Waals surface area contributed by atoms with Gasteiger partial charge in [0.05, 0.1) is 5.56 Å². The number of nitrogens with zero attached hydrogens (tertiary/aromatic N) is 1. The number of aryl methyl sites for hydroxylation is 1. The van der Waals surface area contributed by atoms with Crippen LogP contribution >= 0.6 is 0 Å². The Morgan fingerprint density at radius 1 is 1.08 bits per heavy atom. The topological polar surface area (TPSA) is 64.7 Å². The number of oxime groups is 1. The minimum atomic E-state index is -0.430. The zero-order valence-corrected chi connectivity index (χ0v) is 14.1. The van der Waals surface area contributed by atoms with Gasteiger partial charge >= 0.3 is 0 Å². The number of nitrogens with two attached hydrogens (primary N) is 1. The van der Waals surface area contributed by atoms with Crippen molar-refractivity contribution in [1.29, 1.82) is 0 Å². The average molecular weight is 332 g/mol. The first-order chi connectivity index (χ1) is 12.1. The normalized spacial score (nSPS) is 11.1. The lowest BCUT2D eigenvalue weighted by atomic mass is 9.97. The third-order valence-electron chi connectivity index (χ3n) is 4.07. The van der Waals surface area contributed by atoms with Gasteiger partial charge in [0.2, 0.25) is 5.91 Å². The van der Waals surface area contributed by atoms with Crippen LogP contribution in [0.2, 0.25) is 0 Å². The van der Waals surface area contributed by atoms with E-state index in [4.69, 9.17) is 10.6 Å². The number of carbonyl (C=O) groups excluding carboxylic acids is 1. The monoisotopic (exact) mass is 332 g/mol. The lowest BCUT2D eigenvalue weighted by Crippen LogP contribution is -2.14. The number of hydrogen-bond donors (Lipinski definition) is 1. The van der Waals surface area contributed by atoms with Gasteiger partial charge in [-0.1, -0.05) is 71.4 Å². The van der Waals surface area contributed by atoms with Crippen molar-refractivity contribution in [2.24, 2.45) is 10.9 Å². The van der Waals surface area contributed by atoms with Crippen molar-refractivity contribution in [2.75, 3.05) is 0 Å². The molecule has 0 bridgehead atoms. The molecule has 0 heterocycles. The van der Waals surface area contributed by atoms with Crippen molar-refractivity contribution in [3.8, 4) is 0 Å².